The third kappa shape index (κ3) is 2.75. The largest absolute Gasteiger partial charge is 0.270 e. The molecule has 0 spiro atoms. The zero-order chi connectivity index (χ0) is 15.6. The van der Waals surface area contributed by atoms with Crippen molar-refractivity contribution < 1.29 is 13.3 Å². The molecule has 1 aromatic heterocycles. The standard InChI is InChI=1S/C12H10N4O4S/c1-2-21(19,20)15-8-10(7-14-15)12-4-3-11(16(17)18)5-9(12)6-13/h3-5,7-8H,2H2,1H3. The van der Waals surface area contributed by atoms with Gasteiger partial charge in [0.05, 0.1) is 28.6 Å². The molecule has 2 aromatic rings. The fourth-order valence-electron chi connectivity index (χ4n) is 1.72. The monoisotopic (exact) mass is 306 g/mol. The number of nitro benzene ring substituents is 1. The molecule has 1 heterocycles. The van der Waals surface area contributed by atoms with Gasteiger partial charge in [-0.3, -0.25) is 10.1 Å². The Hall–Kier alpha value is -2.73. The summed E-state index contributed by atoms with van der Waals surface area (Å²) in [6.07, 6.45) is 2.58. The van der Waals surface area contributed by atoms with Crippen molar-refractivity contribution >= 4 is 15.7 Å². The number of nitriles is 1. The van der Waals surface area contributed by atoms with Crippen molar-refractivity contribution in [1.29, 1.82) is 5.26 Å². The smallest absolute Gasteiger partial charge is 0.258 e. The molecule has 8 nitrogen and oxygen atoms in total. The van der Waals surface area contributed by atoms with Crippen LogP contribution >= 0.6 is 0 Å². The Morgan fingerprint density at radius 1 is 1.48 bits per heavy atom. The third-order valence-corrected chi connectivity index (χ3v) is 4.35. The van der Waals surface area contributed by atoms with Gasteiger partial charge in [-0.05, 0) is 13.0 Å². The Labute approximate surface area is 120 Å². The molecule has 0 aliphatic rings. The van der Waals surface area contributed by atoms with Gasteiger partial charge < -0.3 is 0 Å². The van der Waals surface area contributed by atoms with E-state index in [-0.39, 0.29) is 17.0 Å². The number of benzene rings is 1. The number of nitrogens with zero attached hydrogens (tertiary/aromatic N) is 4. The second kappa shape index (κ2) is 5.34. The predicted molar refractivity (Wildman–Crippen MR) is 73.9 cm³/mol. The van der Waals surface area contributed by atoms with E-state index in [0.717, 1.165) is 10.2 Å². The van der Waals surface area contributed by atoms with E-state index < -0.39 is 14.9 Å². The molecule has 1 aromatic carbocycles. The maximum atomic E-state index is 11.7. The Kier molecular flexibility index (Phi) is 3.73. The van der Waals surface area contributed by atoms with Crippen LogP contribution in [0.25, 0.3) is 11.1 Å². The predicted octanol–water partition coefficient (Wildman–Crippen LogP) is 1.53. The quantitative estimate of drug-likeness (QED) is 0.624. The molecule has 9 heteroatoms. The highest BCUT2D eigenvalue weighted by Crippen LogP contribution is 2.26. The molecule has 0 amide bonds. The fourth-order valence-corrected chi connectivity index (χ4v) is 2.45. The SMILES string of the molecule is CCS(=O)(=O)n1cc(-c2ccc([N+](=O)[O-])cc2C#N)cn1. The highest BCUT2D eigenvalue weighted by molar-refractivity contribution is 7.89. The van der Waals surface area contributed by atoms with Gasteiger partial charge in [-0.1, -0.05) is 0 Å². The fraction of sp³-hybridized carbons (Fsp3) is 0.167. The van der Waals surface area contributed by atoms with Crippen LogP contribution in [0.5, 0.6) is 0 Å². The summed E-state index contributed by atoms with van der Waals surface area (Å²) in [5.41, 5.74) is 0.667. The van der Waals surface area contributed by atoms with Crippen molar-refractivity contribution in [3.63, 3.8) is 0 Å². The number of rotatable bonds is 4. The molecule has 108 valence electrons. The molecule has 0 aliphatic carbocycles. The molecular formula is C12H10N4O4S. The summed E-state index contributed by atoms with van der Waals surface area (Å²) in [4.78, 5) is 10.1. The van der Waals surface area contributed by atoms with E-state index in [1.54, 1.807) is 0 Å². The van der Waals surface area contributed by atoms with Crippen LogP contribution in [0.2, 0.25) is 0 Å². The zero-order valence-electron chi connectivity index (χ0n) is 10.9. The van der Waals surface area contributed by atoms with E-state index in [0.29, 0.717) is 11.1 Å². The number of aromatic nitrogens is 2. The average molecular weight is 306 g/mol. The lowest BCUT2D eigenvalue weighted by atomic mass is 10.0. The summed E-state index contributed by atoms with van der Waals surface area (Å²) in [6.45, 7) is 1.49. The summed E-state index contributed by atoms with van der Waals surface area (Å²) in [5.74, 6) is -0.112. The van der Waals surface area contributed by atoms with Crippen molar-refractivity contribution in [2.75, 3.05) is 5.75 Å². The van der Waals surface area contributed by atoms with Crippen LogP contribution in [-0.4, -0.2) is 28.3 Å². The van der Waals surface area contributed by atoms with E-state index in [9.17, 15) is 18.5 Å². The van der Waals surface area contributed by atoms with Crippen molar-refractivity contribution in [2.24, 2.45) is 0 Å². The van der Waals surface area contributed by atoms with E-state index in [1.807, 2.05) is 6.07 Å². The molecule has 0 unspecified atom stereocenters. The second-order valence-electron chi connectivity index (χ2n) is 4.10. The molecule has 0 atom stereocenters. The topological polar surface area (TPSA) is 119 Å². The molecule has 0 saturated heterocycles. The minimum absolute atomic E-state index is 0.0812. The summed E-state index contributed by atoms with van der Waals surface area (Å²) in [6, 6.07) is 5.65. The summed E-state index contributed by atoms with van der Waals surface area (Å²) in [5, 5.41) is 23.5. The maximum Gasteiger partial charge on any atom is 0.270 e. The molecule has 0 bridgehead atoms. The Balaban J connectivity index is 2.53. The van der Waals surface area contributed by atoms with Gasteiger partial charge in [-0.15, -0.1) is 0 Å². The average Bonchev–Trinajstić information content (AvgIpc) is 2.96. The zero-order valence-corrected chi connectivity index (χ0v) is 11.7. The van der Waals surface area contributed by atoms with E-state index in [2.05, 4.69) is 5.10 Å². The highest BCUT2D eigenvalue weighted by Gasteiger charge is 2.16. The van der Waals surface area contributed by atoms with Crippen molar-refractivity contribution in [3.05, 3.63) is 46.3 Å². The first-order valence-corrected chi connectivity index (χ1v) is 7.46. The third-order valence-electron chi connectivity index (χ3n) is 2.86. The molecule has 21 heavy (non-hydrogen) atoms. The molecule has 0 fully saturated rings. The molecule has 0 N–H and O–H groups in total. The number of hydrogen-bond donors (Lipinski definition) is 0. The molecular weight excluding hydrogens is 296 g/mol. The van der Waals surface area contributed by atoms with Gasteiger partial charge in [-0.2, -0.15) is 14.4 Å². The van der Waals surface area contributed by atoms with E-state index in [4.69, 9.17) is 5.26 Å². The van der Waals surface area contributed by atoms with Crippen LogP contribution in [0, 0.1) is 21.4 Å². The summed E-state index contributed by atoms with van der Waals surface area (Å²) in [7, 11) is -3.51. The minimum atomic E-state index is -3.51. The lowest BCUT2D eigenvalue weighted by molar-refractivity contribution is -0.384. The van der Waals surface area contributed by atoms with Gasteiger partial charge in [0.1, 0.15) is 6.07 Å². The van der Waals surface area contributed by atoms with E-state index >= 15 is 0 Å². The number of nitro groups is 1. The lowest BCUT2D eigenvalue weighted by Gasteiger charge is -2.01. The van der Waals surface area contributed by atoms with Crippen LogP contribution < -0.4 is 0 Å². The van der Waals surface area contributed by atoms with Crippen LogP contribution in [0.1, 0.15) is 12.5 Å². The lowest BCUT2D eigenvalue weighted by Crippen LogP contribution is -2.14. The van der Waals surface area contributed by atoms with Gasteiger partial charge in [0, 0.05) is 23.3 Å². The Morgan fingerprint density at radius 3 is 2.76 bits per heavy atom. The first-order chi connectivity index (χ1) is 9.89. The van der Waals surface area contributed by atoms with Crippen LogP contribution in [0.4, 0.5) is 5.69 Å². The first-order valence-electron chi connectivity index (χ1n) is 5.86. The van der Waals surface area contributed by atoms with Gasteiger partial charge in [0.15, 0.2) is 0 Å². The molecule has 0 saturated carbocycles. The first kappa shape index (κ1) is 14.7. The molecule has 0 aliphatic heterocycles. The summed E-state index contributed by atoms with van der Waals surface area (Å²) < 4.78 is 24.2. The van der Waals surface area contributed by atoms with Crippen molar-refractivity contribution in [3.8, 4) is 17.2 Å². The second-order valence-corrected chi connectivity index (χ2v) is 6.22. The van der Waals surface area contributed by atoms with Crippen LogP contribution in [0.15, 0.2) is 30.6 Å². The molecule has 0 radical (unpaired) electrons. The van der Waals surface area contributed by atoms with Gasteiger partial charge in [0.2, 0.25) is 0 Å². The van der Waals surface area contributed by atoms with Crippen LogP contribution in [0.3, 0.4) is 0 Å². The van der Waals surface area contributed by atoms with Crippen LogP contribution in [-0.2, 0) is 10.0 Å². The van der Waals surface area contributed by atoms with Gasteiger partial charge in [-0.25, -0.2) is 8.42 Å². The van der Waals surface area contributed by atoms with Gasteiger partial charge in [0.25, 0.3) is 15.7 Å². The Bertz CT molecular complexity index is 848. The molecule has 2 rings (SSSR count). The highest BCUT2D eigenvalue weighted by atomic mass is 32.2. The van der Waals surface area contributed by atoms with Crippen molar-refractivity contribution in [2.45, 2.75) is 6.92 Å². The number of hydrogen-bond acceptors (Lipinski definition) is 6. The Morgan fingerprint density at radius 2 is 2.19 bits per heavy atom. The van der Waals surface area contributed by atoms with Gasteiger partial charge >= 0.3 is 0 Å². The minimum Gasteiger partial charge on any atom is -0.258 e. The number of non-ortho nitro benzene ring substituents is 1. The van der Waals surface area contributed by atoms with Crippen molar-refractivity contribution in [1.82, 2.24) is 9.19 Å². The van der Waals surface area contributed by atoms with E-state index in [1.165, 1.54) is 31.5 Å². The normalized spacial score (nSPS) is 11.0. The maximum absolute atomic E-state index is 11.7. The summed E-state index contributed by atoms with van der Waals surface area (Å²) >= 11 is 0.